The van der Waals surface area contributed by atoms with Crippen LogP contribution in [0.25, 0.3) is 0 Å². The molecule has 0 rings (SSSR count). The van der Waals surface area contributed by atoms with E-state index in [1.165, 1.54) is 38.5 Å². The summed E-state index contributed by atoms with van der Waals surface area (Å²) < 4.78 is 0. The molecule has 0 amide bonds. The summed E-state index contributed by atoms with van der Waals surface area (Å²) in [5, 5.41) is 0. The average molecular weight is 255 g/mol. The molecule has 0 bridgehead atoms. The molecule has 0 saturated carbocycles. The summed E-state index contributed by atoms with van der Waals surface area (Å²) in [6, 6.07) is 0. The zero-order valence-corrected chi connectivity index (χ0v) is 14.1. The minimum absolute atomic E-state index is 0.839. The largest absolute Gasteiger partial charge is 0.0651 e. The average Bonchev–Trinajstić information content (AvgIpc) is 2.35. The molecule has 18 heavy (non-hydrogen) atoms. The maximum Gasteiger partial charge on any atom is -0.0389 e. The first kappa shape index (κ1) is 18.0. The van der Waals surface area contributed by atoms with Crippen LogP contribution in [0.15, 0.2) is 0 Å². The van der Waals surface area contributed by atoms with Gasteiger partial charge in [-0.1, -0.05) is 87.0 Å². The summed E-state index contributed by atoms with van der Waals surface area (Å²) in [6.07, 6.45) is 8.40. The molecule has 0 aliphatic carbocycles. The van der Waals surface area contributed by atoms with Crippen LogP contribution in [0.1, 0.15) is 87.0 Å². The van der Waals surface area contributed by atoms with Crippen molar-refractivity contribution in [2.75, 3.05) is 0 Å². The van der Waals surface area contributed by atoms with E-state index in [4.69, 9.17) is 0 Å². The van der Waals surface area contributed by atoms with Gasteiger partial charge in [0.05, 0.1) is 0 Å². The van der Waals surface area contributed by atoms with Crippen molar-refractivity contribution in [3.8, 4) is 0 Å². The Morgan fingerprint density at radius 3 is 1.56 bits per heavy atom. The van der Waals surface area contributed by atoms with Crippen LogP contribution in [0.2, 0.25) is 0 Å². The summed E-state index contributed by atoms with van der Waals surface area (Å²) in [5.41, 5.74) is 0. The molecule has 0 N–H and O–H groups in total. The SMILES string of the molecule is CCC(CC)C(C)CCCC(CC)C(C)C(C)C. The van der Waals surface area contributed by atoms with Crippen LogP contribution < -0.4 is 0 Å². The van der Waals surface area contributed by atoms with Crippen molar-refractivity contribution in [2.24, 2.45) is 29.6 Å². The number of hydrogen-bond donors (Lipinski definition) is 0. The molecule has 0 heterocycles. The quantitative estimate of drug-likeness (QED) is 0.415. The second-order valence-electron chi connectivity index (χ2n) is 6.76. The molecule has 110 valence electrons. The predicted octanol–water partition coefficient (Wildman–Crippen LogP) is 6.55. The van der Waals surface area contributed by atoms with E-state index in [1.54, 1.807) is 0 Å². The van der Waals surface area contributed by atoms with Gasteiger partial charge < -0.3 is 0 Å². The van der Waals surface area contributed by atoms with E-state index in [9.17, 15) is 0 Å². The first-order valence-electron chi connectivity index (χ1n) is 8.47. The highest BCUT2D eigenvalue weighted by Crippen LogP contribution is 2.30. The van der Waals surface area contributed by atoms with E-state index in [2.05, 4.69) is 48.5 Å². The molecule has 0 nitrogen and oxygen atoms in total. The molecule has 0 fully saturated rings. The predicted molar refractivity (Wildman–Crippen MR) is 84.9 cm³/mol. The Kier molecular flexibility index (Phi) is 9.87. The molecule has 0 heteroatoms. The van der Waals surface area contributed by atoms with E-state index < -0.39 is 0 Å². The van der Waals surface area contributed by atoms with Gasteiger partial charge in [0, 0.05) is 0 Å². The second-order valence-corrected chi connectivity index (χ2v) is 6.76. The Morgan fingerprint density at radius 2 is 1.17 bits per heavy atom. The zero-order chi connectivity index (χ0) is 14.1. The van der Waals surface area contributed by atoms with Gasteiger partial charge in [-0.3, -0.25) is 0 Å². The standard InChI is InChI=1S/C18H38/c1-8-17(9-2)15(6)12-11-13-18(10-3)16(7)14(4)5/h14-18H,8-13H2,1-7H3. The smallest absolute Gasteiger partial charge is 0.0389 e. The van der Waals surface area contributed by atoms with Gasteiger partial charge in [0.25, 0.3) is 0 Å². The highest BCUT2D eigenvalue weighted by Gasteiger charge is 2.19. The monoisotopic (exact) mass is 254 g/mol. The first-order chi connectivity index (χ1) is 8.47. The number of rotatable bonds is 10. The van der Waals surface area contributed by atoms with Crippen molar-refractivity contribution in [2.45, 2.75) is 87.0 Å². The summed E-state index contributed by atoms with van der Waals surface area (Å²) in [5.74, 6) is 4.54. The van der Waals surface area contributed by atoms with Gasteiger partial charge in [-0.15, -0.1) is 0 Å². The summed E-state index contributed by atoms with van der Waals surface area (Å²) in [7, 11) is 0. The maximum atomic E-state index is 2.46. The molecule has 0 saturated heterocycles. The van der Waals surface area contributed by atoms with Crippen molar-refractivity contribution < 1.29 is 0 Å². The molecule has 0 aromatic heterocycles. The normalized spacial score (nSPS) is 17.2. The van der Waals surface area contributed by atoms with Gasteiger partial charge >= 0.3 is 0 Å². The number of hydrogen-bond acceptors (Lipinski definition) is 0. The van der Waals surface area contributed by atoms with E-state index in [-0.39, 0.29) is 0 Å². The van der Waals surface area contributed by atoms with E-state index in [0.717, 1.165) is 29.6 Å². The fraction of sp³-hybridized carbons (Fsp3) is 1.00. The van der Waals surface area contributed by atoms with Crippen LogP contribution in [-0.2, 0) is 0 Å². The van der Waals surface area contributed by atoms with Crippen LogP contribution >= 0.6 is 0 Å². The third kappa shape index (κ3) is 6.25. The lowest BCUT2D eigenvalue weighted by molar-refractivity contribution is 0.235. The van der Waals surface area contributed by atoms with Crippen molar-refractivity contribution in [3.63, 3.8) is 0 Å². The summed E-state index contributed by atoms with van der Waals surface area (Å²) >= 11 is 0. The van der Waals surface area contributed by atoms with Crippen LogP contribution in [-0.4, -0.2) is 0 Å². The molecule has 0 aromatic rings. The Morgan fingerprint density at radius 1 is 0.667 bits per heavy atom. The molecule has 0 spiro atoms. The van der Waals surface area contributed by atoms with Crippen LogP contribution in [0, 0.1) is 29.6 Å². The lowest BCUT2D eigenvalue weighted by Gasteiger charge is -2.27. The first-order valence-corrected chi connectivity index (χ1v) is 8.47. The highest BCUT2D eigenvalue weighted by atomic mass is 14.2. The molecule has 0 aromatic carbocycles. The summed E-state index contributed by atoms with van der Waals surface area (Å²) in [4.78, 5) is 0. The fourth-order valence-electron chi connectivity index (χ4n) is 3.41. The molecule has 0 radical (unpaired) electrons. The second kappa shape index (κ2) is 9.87. The van der Waals surface area contributed by atoms with Gasteiger partial charge in [-0.25, -0.2) is 0 Å². The van der Waals surface area contributed by atoms with Gasteiger partial charge in [0.15, 0.2) is 0 Å². The van der Waals surface area contributed by atoms with Crippen molar-refractivity contribution in [3.05, 3.63) is 0 Å². The van der Waals surface area contributed by atoms with E-state index in [1.807, 2.05) is 0 Å². The molecule has 0 aliphatic heterocycles. The van der Waals surface area contributed by atoms with Crippen molar-refractivity contribution in [1.29, 1.82) is 0 Å². The maximum absolute atomic E-state index is 2.46. The molecule has 3 atom stereocenters. The molecule has 0 aliphatic rings. The molecular formula is C18H38. The van der Waals surface area contributed by atoms with E-state index in [0.29, 0.717) is 0 Å². The minimum Gasteiger partial charge on any atom is -0.0651 e. The Bertz CT molecular complexity index is 178. The van der Waals surface area contributed by atoms with Gasteiger partial charge in [0.1, 0.15) is 0 Å². The third-order valence-corrected chi connectivity index (χ3v) is 5.41. The van der Waals surface area contributed by atoms with Crippen LogP contribution in [0.5, 0.6) is 0 Å². The van der Waals surface area contributed by atoms with Crippen LogP contribution in [0.4, 0.5) is 0 Å². The molecular weight excluding hydrogens is 216 g/mol. The van der Waals surface area contributed by atoms with Gasteiger partial charge in [-0.2, -0.15) is 0 Å². The Hall–Kier alpha value is 0. The zero-order valence-electron chi connectivity index (χ0n) is 14.1. The minimum atomic E-state index is 0.839. The fourth-order valence-corrected chi connectivity index (χ4v) is 3.41. The Balaban J connectivity index is 4.00. The molecule has 3 unspecified atom stereocenters. The van der Waals surface area contributed by atoms with Crippen LogP contribution in [0.3, 0.4) is 0 Å². The summed E-state index contributed by atoms with van der Waals surface area (Å²) in [6.45, 7) is 16.7. The topological polar surface area (TPSA) is 0 Å². The lowest BCUT2D eigenvalue weighted by atomic mass is 9.79. The third-order valence-electron chi connectivity index (χ3n) is 5.41. The van der Waals surface area contributed by atoms with Gasteiger partial charge in [-0.05, 0) is 29.6 Å². The Labute approximate surface area is 117 Å². The highest BCUT2D eigenvalue weighted by molar-refractivity contribution is 4.70. The van der Waals surface area contributed by atoms with E-state index >= 15 is 0 Å². The van der Waals surface area contributed by atoms with Crippen molar-refractivity contribution >= 4 is 0 Å². The van der Waals surface area contributed by atoms with Crippen molar-refractivity contribution in [1.82, 2.24) is 0 Å². The van der Waals surface area contributed by atoms with Gasteiger partial charge in [0.2, 0.25) is 0 Å². The lowest BCUT2D eigenvalue weighted by Crippen LogP contribution is -2.17.